The summed E-state index contributed by atoms with van der Waals surface area (Å²) < 4.78 is 4.95. The highest BCUT2D eigenvalue weighted by Crippen LogP contribution is 2.65. The van der Waals surface area contributed by atoms with Gasteiger partial charge in [-0.25, -0.2) is 0 Å². The van der Waals surface area contributed by atoms with Crippen LogP contribution in [0.4, 0.5) is 17.1 Å². The van der Waals surface area contributed by atoms with Crippen molar-refractivity contribution in [2.75, 3.05) is 4.90 Å². The van der Waals surface area contributed by atoms with Crippen LogP contribution in [0.25, 0.3) is 99.5 Å². The Labute approximate surface area is 480 Å². The van der Waals surface area contributed by atoms with E-state index in [1.807, 2.05) is 0 Å². The number of anilines is 3. The molecule has 0 bridgehead atoms. The van der Waals surface area contributed by atoms with Gasteiger partial charge in [0.1, 0.15) is 0 Å². The van der Waals surface area contributed by atoms with Crippen molar-refractivity contribution in [1.29, 1.82) is 0 Å². The van der Waals surface area contributed by atoms with Gasteiger partial charge in [0.05, 0.1) is 38.6 Å². The monoisotopic (exact) mass is 1050 g/mol. The maximum Gasteiger partial charge on any atom is 0.0755 e. The van der Waals surface area contributed by atoms with Crippen molar-refractivity contribution >= 4 is 60.7 Å². The van der Waals surface area contributed by atoms with Crippen LogP contribution < -0.4 is 4.90 Å². The second-order valence-corrected chi connectivity index (χ2v) is 23.0. The number of para-hydroxylation sites is 5. The molecule has 0 radical (unpaired) electrons. The molecule has 4 aliphatic rings. The Balaban J connectivity index is 0.847. The van der Waals surface area contributed by atoms with Crippen molar-refractivity contribution in [1.82, 2.24) is 9.13 Å². The predicted molar refractivity (Wildman–Crippen MR) is 342 cm³/mol. The van der Waals surface area contributed by atoms with Crippen LogP contribution in [-0.2, 0) is 10.8 Å². The van der Waals surface area contributed by atoms with Crippen LogP contribution in [0.1, 0.15) is 44.5 Å². The lowest BCUT2D eigenvalue weighted by molar-refractivity contribution is 0.748. The Bertz CT molecular complexity index is 5190. The molecular formula is C80H49N3. The first-order chi connectivity index (χ1) is 41.2. The molecule has 0 saturated heterocycles. The Morgan fingerprint density at radius 1 is 0.241 bits per heavy atom. The first-order valence-corrected chi connectivity index (χ1v) is 29.0. The van der Waals surface area contributed by atoms with Crippen LogP contribution in [-0.4, -0.2) is 9.13 Å². The van der Waals surface area contributed by atoms with Crippen molar-refractivity contribution in [3.8, 4) is 55.9 Å². The van der Waals surface area contributed by atoms with Gasteiger partial charge < -0.3 is 14.0 Å². The number of rotatable bonds is 5. The van der Waals surface area contributed by atoms with E-state index in [2.05, 4.69) is 311 Å². The van der Waals surface area contributed by atoms with E-state index < -0.39 is 10.8 Å². The second-order valence-electron chi connectivity index (χ2n) is 23.0. The molecular weight excluding hydrogens is 1000 g/mol. The number of hydrogen-bond acceptors (Lipinski definition) is 1. The van der Waals surface area contributed by atoms with Crippen LogP contribution >= 0.6 is 0 Å². The number of nitrogens with zero attached hydrogens (tertiary/aromatic N) is 3. The molecule has 2 aromatic heterocycles. The molecule has 3 heteroatoms. The summed E-state index contributed by atoms with van der Waals surface area (Å²) in [4.78, 5) is 2.53. The van der Waals surface area contributed by atoms with Gasteiger partial charge in [-0.15, -0.1) is 0 Å². The van der Waals surface area contributed by atoms with Crippen LogP contribution in [0.5, 0.6) is 0 Å². The van der Waals surface area contributed by atoms with Gasteiger partial charge >= 0.3 is 0 Å². The van der Waals surface area contributed by atoms with Crippen molar-refractivity contribution in [3.63, 3.8) is 0 Å². The highest BCUT2D eigenvalue weighted by Gasteiger charge is 2.53. The van der Waals surface area contributed by atoms with Crippen LogP contribution in [0.2, 0.25) is 0 Å². The number of aromatic nitrogens is 2. The van der Waals surface area contributed by atoms with Crippen molar-refractivity contribution in [2.45, 2.75) is 10.8 Å². The largest absolute Gasteiger partial charge is 0.310 e. The molecule has 3 heterocycles. The minimum absolute atomic E-state index is 0.501. The van der Waals surface area contributed by atoms with Gasteiger partial charge in [-0.3, -0.25) is 0 Å². The highest BCUT2D eigenvalue weighted by atomic mass is 15.1. The van der Waals surface area contributed by atoms with E-state index in [0.717, 1.165) is 33.9 Å². The Kier molecular flexibility index (Phi) is 8.92. The molecule has 2 spiro atoms. The van der Waals surface area contributed by atoms with E-state index in [4.69, 9.17) is 0 Å². The van der Waals surface area contributed by atoms with Gasteiger partial charge in [0.2, 0.25) is 0 Å². The first-order valence-electron chi connectivity index (χ1n) is 29.0. The number of hydrogen-bond donors (Lipinski definition) is 0. The van der Waals surface area contributed by atoms with Gasteiger partial charge in [0, 0.05) is 44.3 Å². The molecule has 13 aromatic carbocycles. The van der Waals surface area contributed by atoms with Gasteiger partial charge in [-0.05, 0) is 162 Å². The fourth-order valence-corrected chi connectivity index (χ4v) is 16.2. The summed E-state index contributed by atoms with van der Waals surface area (Å²) in [5.41, 5.74) is 30.0. The summed E-state index contributed by atoms with van der Waals surface area (Å²) in [5, 5.41) is 5.07. The molecule has 0 N–H and O–H groups in total. The average Bonchev–Trinajstić information content (AvgIpc) is 1.82. The quantitative estimate of drug-likeness (QED) is 0.167. The summed E-state index contributed by atoms with van der Waals surface area (Å²) in [6.45, 7) is 0. The lowest BCUT2D eigenvalue weighted by Gasteiger charge is -2.40. The third kappa shape index (κ3) is 5.68. The average molecular weight is 1050 g/mol. The van der Waals surface area contributed by atoms with Crippen LogP contribution in [0.3, 0.4) is 0 Å². The molecule has 1 aliphatic heterocycles. The SMILES string of the molecule is c1cc(-c2ccc(N(c3ccc4c(c3)C3(c5ccccc5-c5ccccc53)c3ccccc3-4)c3ccc4c(c3)C3(c5ccccc5-4)c4ccccc4-n4c5ccccc5c5cccc3c54)cc2)cc(-n2c3ccccc3c3ccccc32)c1. The molecule has 1 atom stereocenters. The fraction of sp³-hybridized carbons (Fsp3) is 0.0250. The molecule has 3 nitrogen and oxygen atoms in total. The van der Waals surface area contributed by atoms with E-state index in [9.17, 15) is 0 Å². The summed E-state index contributed by atoms with van der Waals surface area (Å²) in [6.07, 6.45) is 0. The van der Waals surface area contributed by atoms with Gasteiger partial charge in [0.15, 0.2) is 0 Å². The molecule has 0 amide bonds. The lowest BCUT2D eigenvalue weighted by Crippen LogP contribution is -2.33. The van der Waals surface area contributed by atoms with Crippen molar-refractivity contribution in [2.24, 2.45) is 0 Å². The molecule has 384 valence electrons. The number of benzene rings is 13. The Morgan fingerprint density at radius 3 is 1.19 bits per heavy atom. The lowest BCUT2D eigenvalue weighted by atomic mass is 9.65. The van der Waals surface area contributed by atoms with Crippen LogP contribution in [0.15, 0.2) is 297 Å². The normalized spacial score (nSPS) is 15.1. The van der Waals surface area contributed by atoms with E-state index in [0.29, 0.717) is 0 Å². The van der Waals surface area contributed by atoms with Crippen molar-refractivity contribution < 1.29 is 0 Å². The minimum Gasteiger partial charge on any atom is -0.310 e. The molecule has 83 heavy (non-hydrogen) atoms. The van der Waals surface area contributed by atoms with Gasteiger partial charge in [-0.2, -0.15) is 0 Å². The zero-order valence-corrected chi connectivity index (χ0v) is 45.1. The summed E-state index contributed by atoms with van der Waals surface area (Å²) in [6, 6.07) is 112. The second kappa shape index (κ2) is 16.4. The third-order valence-electron chi connectivity index (χ3n) is 19.3. The zero-order chi connectivity index (χ0) is 54.1. The van der Waals surface area contributed by atoms with E-state index in [1.165, 1.54) is 127 Å². The number of fused-ring (bicyclic) bond motifs is 25. The smallest absolute Gasteiger partial charge is 0.0755 e. The topological polar surface area (TPSA) is 13.1 Å². The maximum atomic E-state index is 2.55. The standard InChI is InChI=1S/C80H49N3/c1-8-29-66-56(21-1)57-22-2-9-30-67(57)79(66)68-31-10-3-23-58(68)60-45-43-54(48-72(60)79)81(52-41-39-50(40-42-52)51-19-17-20-53(47-51)82-74-35-13-5-25-62(74)63-26-6-14-36-75(63)82)55-44-46-61-59-24-4-11-32-69(59)80(73(61)49-55)70-33-12-16-38-77(70)83-76-37-15-7-27-64(76)65-28-18-34-71(80)78(65)83/h1-49H. The first kappa shape index (κ1) is 45.0. The van der Waals surface area contributed by atoms with E-state index >= 15 is 0 Å². The zero-order valence-electron chi connectivity index (χ0n) is 45.1. The van der Waals surface area contributed by atoms with Gasteiger partial charge in [0.25, 0.3) is 0 Å². The molecule has 15 aromatic rings. The Morgan fingerprint density at radius 2 is 0.639 bits per heavy atom. The predicted octanol–water partition coefficient (Wildman–Crippen LogP) is 20.0. The van der Waals surface area contributed by atoms with Crippen LogP contribution in [0, 0.1) is 0 Å². The highest BCUT2D eigenvalue weighted by molar-refractivity contribution is 6.13. The summed E-state index contributed by atoms with van der Waals surface area (Å²) >= 11 is 0. The molecule has 3 aliphatic carbocycles. The maximum absolute atomic E-state index is 2.55. The van der Waals surface area contributed by atoms with E-state index in [1.54, 1.807) is 0 Å². The van der Waals surface area contributed by atoms with Gasteiger partial charge in [-0.1, -0.05) is 224 Å². The molecule has 1 unspecified atom stereocenters. The molecule has 0 fully saturated rings. The third-order valence-corrected chi connectivity index (χ3v) is 19.3. The summed E-state index contributed by atoms with van der Waals surface area (Å²) in [5.74, 6) is 0. The minimum atomic E-state index is -0.611. The summed E-state index contributed by atoms with van der Waals surface area (Å²) in [7, 11) is 0. The molecule has 19 rings (SSSR count). The van der Waals surface area contributed by atoms with Crippen molar-refractivity contribution in [3.05, 3.63) is 342 Å². The fourth-order valence-electron chi connectivity index (χ4n) is 16.2. The molecule has 0 saturated carbocycles. The van der Waals surface area contributed by atoms with E-state index in [-0.39, 0.29) is 0 Å². The Hall–Kier alpha value is -10.7.